The Morgan fingerprint density at radius 1 is 1.00 bits per heavy atom. The van der Waals surface area contributed by atoms with Gasteiger partial charge in [-0.3, -0.25) is 0 Å². The molecule has 1 radical (unpaired) electrons. The van der Waals surface area contributed by atoms with Crippen LogP contribution in [0.2, 0.25) is 0 Å². The van der Waals surface area contributed by atoms with Crippen molar-refractivity contribution in [3.05, 3.63) is 0 Å². The molecule has 0 aromatic heterocycles. The fourth-order valence-corrected chi connectivity index (χ4v) is 0. The van der Waals surface area contributed by atoms with E-state index < -0.39 is 11.9 Å². The summed E-state index contributed by atoms with van der Waals surface area (Å²) in [6.07, 6.45) is 0. The van der Waals surface area contributed by atoms with Crippen molar-refractivity contribution in [1.29, 1.82) is 0 Å². The average molecular weight is 215 g/mol. The van der Waals surface area contributed by atoms with Gasteiger partial charge in [0.25, 0.3) is 0 Å². The molecule has 5 heavy (non-hydrogen) atoms. The van der Waals surface area contributed by atoms with Crippen LogP contribution >= 0.6 is 29.5 Å². The molecule has 0 saturated heterocycles. The van der Waals surface area contributed by atoms with Crippen LogP contribution in [0, 0.1) is 0 Å². The van der Waals surface area contributed by atoms with Crippen molar-refractivity contribution in [2.75, 3.05) is 0 Å². The summed E-state index contributed by atoms with van der Waals surface area (Å²) in [5.41, 5.74) is 0. The van der Waals surface area contributed by atoms with Gasteiger partial charge in [0, 0.05) is 29.6 Å². The summed E-state index contributed by atoms with van der Waals surface area (Å²) in [5, 5.41) is 0. The van der Waals surface area contributed by atoms with Crippen molar-refractivity contribution >= 4 is 59.0 Å². The third-order valence-corrected chi connectivity index (χ3v) is 0. The van der Waals surface area contributed by atoms with E-state index in [0.717, 1.165) is 0 Å². The van der Waals surface area contributed by atoms with Crippen LogP contribution in [-0.2, 0) is 11.9 Å². The minimum absolute atomic E-state index is 0. The summed E-state index contributed by atoms with van der Waals surface area (Å²) < 4.78 is 0. The Morgan fingerprint density at radius 2 is 1.00 bits per heavy atom. The van der Waals surface area contributed by atoms with E-state index in [0.29, 0.717) is 0 Å². The standard InChI is InChI=1S/Mo.Na.3S. The van der Waals surface area contributed by atoms with Crippen LogP contribution in [-0.4, -0.2) is 29.6 Å². The van der Waals surface area contributed by atoms with Gasteiger partial charge in [0.15, 0.2) is 0 Å². The Bertz CT molecular complexity index is 76.3. The zero-order valence-corrected chi connectivity index (χ0v) is 9.09. The second-order valence-electron chi connectivity index (χ2n) is 0.204. The van der Waals surface area contributed by atoms with Gasteiger partial charge in [-0.1, -0.05) is 0 Å². The summed E-state index contributed by atoms with van der Waals surface area (Å²) in [7, 11) is 13.3. The number of hydrogen-bond donors (Lipinski definition) is 0. The van der Waals surface area contributed by atoms with Crippen LogP contribution in [0.3, 0.4) is 0 Å². The van der Waals surface area contributed by atoms with E-state index in [1.165, 1.54) is 0 Å². The van der Waals surface area contributed by atoms with Gasteiger partial charge >= 0.3 is 41.3 Å². The molecule has 0 heterocycles. The molecule has 0 nitrogen and oxygen atoms in total. The molecular weight excluding hydrogens is 215 g/mol. The average Bonchev–Trinajstić information content (AvgIpc) is 0.811. The van der Waals surface area contributed by atoms with Crippen LogP contribution in [0.1, 0.15) is 0 Å². The Morgan fingerprint density at radius 3 is 1.00 bits per heavy atom. The summed E-state index contributed by atoms with van der Waals surface area (Å²) in [6, 6.07) is 0. The second kappa shape index (κ2) is 6.35. The van der Waals surface area contributed by atoms with Gasteiger partial charge in [-0.15, -0.1) is 0 Å². The molecule has 0 bridgehead atoms. The Labute approximate surface area is 69.5 Å². The summed E-state index contributed by atoms with van der Waals surface area (Å²) in [5.74, 6) is 0. The Hall–Kier alpha value is 2.35. The molecule has 0 aromatic carbocycles. The third-order valence-electron chi connectivity index (χ3n) is 0. The van der Waals surface area contributed by atoms with E-state index in [2.05, 4.69) is 29.5 Å². The molecule has 0 aliphatic rings. The predicted octanol–water partition coefficient (Wildman–Crippen LogP) is 1.56. The molecule has 0 atom stereocenters. The van der Waals surface area contributed by atoms with E-state index in [1.54, 1.807) is 0 Å². The van der Waals surface area contributed by atoms with E-state index in [4.69, 9.17) is 0 Å². The number of rotatable bonds is 0. The molecular formula is MoNaS3. The van der Waals surface area contributed by atoms with Gasteiger partial charge in [-0.05, 0) is 0 Å². The van der Waals surface area contributed by atoms with Gasteiger partial charge in [-0.25, -0.2) is 0 Å². The minimum atomic E-state index is -1.61. The van der Waals surface area contributed by atoms with Crippen LogP contribution in [0.5, 0.6) is 0 Å². The molecule has 0 spiro atoms. The van der Waals surface area contributed by atoms with Gasteiger partial charge < -0.3 is 0 Å². The van der Waals surface area contributed by atoms with E-state index in [-0.39, 0.29) is 29.6 Å². The molecule has 25 valence electrons. The quantitative estimate of drug-likeness (QED) is 0.563. The Kier molecular flexibility index (Phi) is 13.1. The second-order valence-corrected chi connectivity index (χ2v) is 10.9. The van der Waals surface area contributed by atoms with Gasteiger partial charge in [0.1, 0.15) is 0 Å². The first-order valence-corrected chi connectivity index (χ1v) is 8.87. The van der Waals surface area contributed by atoms with Crippen molar-refractivity contribution in [3.8, 4) is 0 Å². The molecule has 0 unspecified atom stereocenters. The van der Waals surface area contributed by atoms with Crippen LogP contribution in [0.15, 0.2) is 0 Å². The molecule has 0 rings (SSSR count). The van der Waals surface area contributed by atoms with Crippen LogP contribution < -0.4 is 0 Å². The molecule has 5 heteroatoms. The maximum absolute atomic E-state index is 4.42. The van der Waals surface area contributed by atoms with Crippen molar-refractivity contribution in [3.63, 3.8) is 0 Å². The van der Waals surface area contributed by atoms with Crippen molar-refractivity contribution < 1.29 is 11.9 Å². The third kappa shape index (κ3) is 21.8. The molecule has 0 amide bonds. The Balaban J connectivity index is 0. The molecule has 0 aliphatic carbocycles. The topological polar surface area (TPSA) is 0 Å². The summed E-state index contributed by atoms with van der Waals surface area (Å²) >= 11 is -1.61. The fourth-order valence-electron chi connectivity index (χ4n) is 0. The van der Waals surface area contributed by atoms with Crippen molar-refractivity contribution in [2.24, 2.45) is 0 Å². The molecule has 0 N–H and O–H groups in total. The summed E-state index contributed by atoms with van der Waals surface area (Å²) in [4.78, 5) is 0. The molecule has 0 fully saturated rings. The van der Waals surface area contributed by atoms with Crippen molar-refractivity contribution in [1.82, 2.24) is 0 Å². The van der Waals surface area contributed by atoms with Crippen LogP contribution in [0.4, 0.5) is 0 Å². The number of hydrogen-bond acceptors (Lipinski definition) is 3. The van der Waals surface area contributed by atoms with E-state index >= 15 is 0 Å². The SMILES string of the molecule is [Na].[S]=[Mo](=[S])=[S]. The molecule has 0 aromatic rings. The first kappa shape index (κ1) is 10.4. The molecule has 0 saturated carbocycles. The van der Waals surface area contributed by atoms with Gasteiger partial charge in [0.2, 0.25) is 0 Å². The maximum atomic E-state index is 4.42. The zero-order chi connectivity index (χ0) is 3.58. The molecule has 0 aliphatic heterocycles. The first-order valence-electron chi connectivity index (χ1n) is 0.500. The fraction of sp³-hybridized carbons (Fsp3) is 0. The van der Waals surface area contributed by atoms with Crippen LogP contribution in [0.25, 0.3) is 0 Å². The zero-order valence-electron chi connectivity index (χ0n) is 2.63. The first-order chi connectivity index (χ1) is 1.73. The van der Waals surface area contributed by atoms with Gasteiger partial charge in [0.05, 0.1) is 0 Å². The normalized spacial score (nSPS) is 4.80. The van der Waals surface area contributed by atoms with E-state index in [1.807, 2.05) is 0 Å². The summed E-state index contributed by atoms with van der Waals surface area (Å²) in [6.45, 7) is 0. The van der Waals surface area contributed by atoms with E-state index in [9.17, 15) is 0 Å². The van der Waals surface area contributed by atoms with Crippen molar-refractivity contribution in [2.45, 2.75) is 0 Å². The van der Waals surface area contributed by atoms with Gasteiger partial charge in [-0.2, -0.15) is 0 Å². The monoisotopic (exact) mass is 217 g/mol. The predicted molar refractivity (Wildman–Crippen MR) is 28.5 cm³/mol.